The molecule has 2 N–H and O–H groups in total. The van der Waals surface area contributed by atoms with Crippen molar-refractivity contribution in [2.75, 3.05) is 0 Å². The van der Waals surface area contributed by atoms with Gasteiger partial charge in [-0.1, -0.05) is 31.1 Å². The van der Waals surface area contributed by atoms with Gasteiger partial charge in [-0.15, -0.1) is 6.58 Å². The van der Waals surface area contributed by atoms with Gasteiger partial charge in [-0.05, 0) is 75.0 Å². The Kier molecular flexibility index (Phi) is 3.59. The van der Waals surface area contributed by atoms with Crippen molar-refractivity contribution in [3.63, 3.8) is 0 Å². The molecule has 2 fully saturated rings. The van der Waals surface area contributed by atoms with Gasteiger partial charge in [0.15, 0.2) is 0 Å². The Morgan fingerprint density at radius 1 is 1.17 bits per heavy atom. The molecule has 0 aromatic carbocycles. The van der Waals surface area contributed by atoms with E-state index < -0.39 is 5.60 Å². The standard InChI is InChI=1S/C21H32O2/c1-4-21(23)10-8-18-19-13(2)11-14-12-15(22)5-6-16(14)17(19)7-9-20(18,21)3/h4,13,15,17-19,22-23H,1,5-12H2,2-3H3/t13-,15-,17?,18?,19?,20+,21+/m1/s1. The highest BCUT2D eigenvalue weighted by Gasteiger charge is 2.61. The summed E-state index contributed by atoms with van der Waals surface area (Å²) in [6, 6.07) is 0. The molecule has 0 spiro atoms. The van der Waals surface area contributed by atoms with Crippen LogP contribution in [0.5, 0.6) is 0 Å². The SMILES string of the molecule is C=C[C@]1(O)CCC2C3C(CC[C@@]21C)C1=C(C[C@H](O)CC1)C[C@H]3C. The van der Waals surface area contributed by atoms with Gasteiger partial charge in [0, 0.05) is 5.41 Å². The van der Waals surface area contributed by atoms with Gasteiger partial charge in [0.1, 0.15) is 0 Å². The highest BCUT2D eigenvalue weighted by molar-refractivity contribution is 5.29. The Hall–Kier alpha value is -0.600. The van der Waals surface area contributed by atoms with E-state index in [1.165, 1.54) is 12.8 Å². The normalized spacial score (nSPS) is 52.6. The van der Waals surface area contributed by atoms with E-state index in [0.29, 0.717) is 17.8 Å². The van der Waals surface area contributed by atoms with Crippen molar-refractivity contribution in [2.24, 2.45) is 29.1 Å². The van der Waals surface area contributed by atoms with E-state index in [2.05, 4.69) is 20.4 Å². The second-order valence-corrected chi connectivity index (χ2v) is 9.12. The average molecular weight is 316 g/mol. The monoisotopic (exact) mass is 316 g/mol. The van der Waals surface area contributed by atoms with E-state index in [1.807, 2.05) is 6.08 Å². The minimum atomic E-state index is -0.667. The van der Waals surface area contributed by atoms with Gasteiger partial charge in [-0.3, -0.25) is 0 Å². The predicted molar refractivity (Wildman–Crippen MR) is 92.9 cm³/mol. The highest BCUT2D eigenvalue weighted by Crippen LogP contribution is 2.65. The quantitative estimate of drug-likeness (QED) is 0.711. The molecule has 2 heteroatoms. The molecule has 3 unspecified atom stereocenters. The maximum Gasteiger partial charge on any atom is 0.0881 e. The molecule has 0 saturated heterocycles. The van der Waals surface area contributed by atoms with Crippen LogP contribution >= 0.6 is 0 Å². The highest BCUT2D eigenvalue weighted by atomic mass is 16.3. The van der Waals surface area contributed by atoms with Crippen LogP contribution in [0, 0.1) is 29.1 Å². The maximum absolute atomic E-state index is 11.1. The Balaban J connectivity index is 1.70. The van der Waals surface area contributed by atoms with Crippen LogP contribution < -0.4 is 0 Å². The van der Waals surface area contributed by atoms with Crippen molar-refractivity contribution in [2.45, 2.75) is 76.9 Å². The molecule has 4 rings (SSSR count). The Labute approximate surface area is 140 Å². The molecule has 23 heavy (non-hydrogen) atoms. The number of allylic oxidation sites excluding steroid dienone is 1. The molecule has 0 bridgehead atoms. The fourth-order valence-corrected chi connectivity index (χ4v) is 6.99. The zero-order valence-corrected chi connectivity index (χ0v) is 14.7. The fraction of sp³-hybridized carbons (Fsp3) is 0.810. The molecule has 7 atom stereocenters. The van der Waals surface area contributed by atoms with E-state index >= 15 is 0 Å². The van der Waals surface area contributed by atoms with Gasteiger partial charge < -0.3 is 10.2 Å². The number of fused-ring (bicyclic) bond motifs is 4. The number of rotatable bonds is 1. The van der Waals surface area contributed by atoms with Crippen LogP contribution in [0.1, 0.15) is 65.2 Å². The molecule has 0 aliphatic heterocycles. The predicted octanol–water partition coefficient (Wildman–Crippen LogP) is 4.23. The minimum Gasteiger partial charge on any atom is -0.393 e. The van der Waals surface area contributed by atoms with Crippen LogP contribution in [0.2, 0.25) is 0 Å². The van der Waals surface area contributed by atoms with Crippen molar-refractivity contribution in [1.82, 2.24) is 0 Å². The molecule has 2 saturated carbocycles. The summed E-state index contributed by atoms with van der Waals surface area (Å²) >= 11 is 0. The average Bonchev–Trinajstić information content (AvgIpc) is 2.79. The number of hydrogen-bond donors (Lipinski definition) is 2. The lowest BCUT2D eigenvalue weighted by Crippen LogP contribution is -2.52. The molecule has 0 aromatic heterocycles. The van der Waals surface area contributed by atoms with Crippen molar-refractivity contribution < 1.29 is 10.2 Å². The third-order valence-corrected chi connectivity index (χ3v) is 8.24. The summed E-state index contributed by atoms with van der Waals surface area (Å²) in [5.41, 5.74) is 2.63. The molecule has 0 radical (unpaired) electrons. The van der Waals surface area contributed by atoms with Gasteiger partial charge >= 0.3 is 0 Å². The molecule has 0 amide bonds. The first-order valence-electron chi connectivity index (χ1n) is 9.64. The summed E-state index contributed by atoms with van der Waals surface area (Å²) in [6.07, 6.45) is 10.3. The molecular formula is C21H32O2. The van der Waals surface area contributed by atoms with Gasteiger partial charge in [0.05, 0.1) is 11.7 Å². The topological polar surface area (TPSA) is 40.5 Å². The first-order valence-corrected chi connectivity index (χ1v) is 9.64. The molecule has 4 aliphatic carbocycles. The Bertz CT molecular complexity index is 550. The largest absolute Gasteiger partial charge is 0.393 e. The van der Waals surface area contributed by atoms with Gasteiger partial charge in [-0.25, -0.2) is 0 Å². The summed E-state index contributed by atoms with van der Waals surface area (Å²) in [5.74, 6) is 2.74. The molecular weight excluding hydrogens is 284 g/mol. The lowest BCUT2D eigenvalue weighted by molar-refractivity contribution is -0.0864. The first kappa shape index (κ1) is 15.9. The summed E-state index contributed by atoms with van der Waals surface area (Å²) < 4.78 is 0. The van der Waals surface area contributed by atoms with E-state index in [1.54, 1.807) is 11.1 Å². The van der Waals surface area contributed by atoms with Crippen LogP contribution in [0.25, 0.3) is 0 Å². The maximum atomic E-state index is 11.1. The van der Waals surface area contributed by atoms with Gasteiger partial charge in [0.2, 0.25) is 0 Å². The van der Waals surface area contributed by atoms with E-state index in [4.69, 9.17) is 0 Å². The van der Waals surface area contributed by atoms with Gasteiger partial charge in [0.25, 0.3) is 0 Å². The summed E-state index contributed by atoms with van der Waals surface area (Å²) in [5, 5.41) is 21.2. The summed E-state index contributed by atoms with van der Waals surface area (Å²) in [4.78, 5) is 0. The number of aliphatic hydroxyl groups is 2. The van der Waals surface area contributed by atoms with Crippen molar-refractivity contribution in [3.05, 3.63) is 23.8 Å². The van der Waals surface area contributed by atoms with Crippen LogP contribution in [0.15, 0.2) is 23.8 Å². The zero-order valence-electron chi connectivity index (χ0n) is 14.7. The van der Waals surface area contributed by atoms with Crippen LogP contribution in [0.4, 0.5) is 0 Å². The fourth-order valence-electron chi connectivity index (χ4n) is 6.99. The number of hydrogen-bond acceptors (Lipinski definition) is 2. The van der Waals surface area contributed by atoms with E-state index in [-0.39, 0.29) is 11.5 Å². The smallest absolute Gasteiger partial charge is 0.0881 e. The van der Waals surface area contributed by atoms with Crippen molar-refractivity contribution >= 4 is 0 Å². The first-order chi connectivity index (χ1) is 10.9. The molecule has 4 aliphatic rings. The third kappa shape index (κ3) is 2.07. The Morgan fingerprint density at radius 3 is 2.70 bits per heavy atom. The number of aliphatic hydroxyl groups excluding tert-OH is 1. The lowest BCUT2D eigenvalue weighted by atomic mass is 9.50. The molecule has 0 heterocycles. The van der Waals surface area contributed by atoms with E-state index in [0.717, 1.165) is 44.4 Å². The zero-order chi connectivity index (χ0) is 16.4. The van der Waals surface area contributed by atoms with Crippen LogP contribution in [-0.2, 0) is 0 Å². The van der Waals surface area contributed by atoms with Crippen molar-refractivity contribution in [1.29, 1.82) is 0 Å². The second kappa shape index (κ2) is 5.20. The third-order valence-electron chi connectivity index (χ3n) is 8.24. The van der Waals surface area contributed by atoms with Gasteiger partial charge in [-0.2, -0.15) is 0 Å². The molecule has 0 aromatic rings. The Morgan fingerprint density at radius 2 is 1.96 bits per heavy atom. The summed E-state index contributed by atoms with van der Waals surface area (Å²) in [6.45, 7) is 8.70. The minimum absolute atomic E-state index is 0.0103. The molecule has 128 valence electrons. The van der Waals surface area contributed by atoms with E-state index in [9.17, 15) is 10.2 Å². The van der Waals surface area contributed by atoms with Crippen LogP contribution in [-0.4, -0.2) is 21.9 Å². The summed E-state index contributed by atoms with van der Waals surface area (Å²) in [7, 11) is 0. The van der Waals surface area contributed by atoms with Crippen molar-refractivity contribution in [3.8, 4) is 0 Å². The lowest BCUT2D eigenvalue weighted by Gasteiger charge is -2.55. The second-order valence-electron chi connectivity index (χ2n) is 9.12. The molecule has 2 nitrogen and oxygen atoms in total. The van der Waals surface area contributed by atoms with Crippen LogP contribution in [0.3, 0.4) is 0 Å².